The molecule has 0 radical (unpaired) electrons. The lowest BCUT2D eigenvalue weighted by atomic mass is 9.96. The van der Waals surface area contributed by atoms with Crippen LogP contribution in [0.3, 0.4) is 0 Å². The highest BCUT2D eigenvalue weighted by Gasteiger charge is 2.39. The van der Waals surface area contributed by atoms with Gasteiger partial charge in [0.15, 0.2) is 0 Å². The zero-order valence-corrected chi connectivity index (χ0v) is 17.5. The van der Waals surface area contributed by atoms with Gasteiger partial charge in [-0.05, 0) is 43.7 Å². The van der Waals surface area contributed by atoms with Crippen LogP contribution in [0.5, 0.6) is 0 Å². The average Bonchev–Trinajstić information content (AvgIpc) is 3.17. The van der Waals surface area contributed by atoms with Crippen molar-refractivity contribution in [2.24, 2.45) is 5.92 Å². The zero-order chi connectivity index (χ0) is 19.7. The molecule has 1 saturated carbocycles. The molecule has 1 aromatic carbocycles. The first-order chi connectivity index (χ1) is 13.5. The molecule has 0 bridgehead atoms. The van der Waals surface area contributed by atoms with Gasteiger partial charge in [-0.1, -0.05) is 37.5 Å². The summed E-state index contributed by atoms with van der Waals surface area (Å²) >= 11 is 0. The molecule has 0 N–H and O–H groups in total. The lowest BCUT2D eigenvalue weighted by Gasteiger charge is -2.38. The van der Waals surface area contributed by atoms with Gasteiger partial charge in [-0.15, -0.1) is 0 Å². The summed E-state index contributed by atoms with van der Waals surface area (Å²) in [6.45, 7) is 1.51. The van der Waals surface area contributed by atoms with Crippen LogP contribution in [0.25, 0.3) is 0 Å². The first-order valence-electron chi connectivity index (χ1n) is 10.6. The van der Waals surface area contributed by atoms with Gasteiger partial charge in [0.05, 0.1) is 5.92 Å². The predicted octanol–water partition coefficient (Wildman–Crippen LogP) is 2.80. The molecule has 154 valence electrons. The summed E-state index contributed by atoms with van der Waals surface area (Å²) in [6, 6.07) is 8.12. The van der Waals surface area contributed by atoms with Crippen molar-refractivity contribution in [1.82, 2.24) is 8.61 Å². The molecule has 1 saturated heterocycles. The molecule has 2 aliphatic heterocycles. The van der Waals surface area contributed by atoms with Crippen LogP contribution in [0.15, 0.2) is 24.3 Å². The molecule has 1 aliphatic carbocycles. The van der Waals surface area contributed by atoms with Crippen LogP contribution in [0, 0.1) is 5.92 Å². The SMILES string of the molecule is CN(C1CCCCC1)S(=O)(=O)N1CCCC(C(=O)N2CCc3ccccc32)C1. The standard InChI is InChI=1S/C21H31N3O3S/c1-22(19-10-3-2-4-11-19)28(26,27)23-14-7-9-18(16-23)21(25)24-15-13-17-8-5-6-12-20(17)24/h5-6,8,12,18-19H,2-4,7,9-11,13-16H2,1H3. The quantitative estimate of drug-likeness (QED) is 0.774. The van der Waals surface area contributed by atoms with E-state index >= 15 is 0 Å². The molecule has 1 unspecified atom stereocenters. The summed E-state index contributed by atoms with van der Waals surface area (Å²) in [7, 11) is -1.80. The second-order valence-corrected chi connectivity index (χ2v) is 10.4. The Morgan fingerprint density at radius 1 is 1.04 bits per heavy atom. The summed E-state index contributed by atoms with van der Waals surface area (Å²) in [4.78, 5) is 15.1. The topological polar surface area (TPSA) is 60.9 Å². The molecule has 7 heteroatoms. The van der Waals surface area contributed by atoms with E-state index in [9.17, 15) is 13.2 Å². The molecule has 2 fully saturated rings. The zero-order valence-electron chi connectivity index (χ0n) is 16.7. The van der Waals surface area contributed by atoms with Gasteiger partial charge in [-0.3, -0.25) is 4.79 Å². The fourth-order valence-electron chi connectivity index (χ4n) is 4.96. The smallest absolute Gasteiger partial charge is 0.281 e. The normalized spacial score (nSPS) is 24.5. The number of amides is 1. The summed E-state index contributed by atoms with van der Waals surface area (Å²) in [5.74, 6) is -0.181. The monoisotopic (exact) mass is 405 g/mol. The Hall–Kier alpha value is -1.44. The van der Waals surface area contributed by atoms with Crippen LogP contribution in [-0.2, 0) is 21.4 Å². The highest BCUT2D eigenvalue weighted by atomic mass is 32.2. The van der Waals surface area contributed by atoms with Crippen molar-refractivity contribution in [2.75, 3.05) is 31.6 Å². The molecule has 1 aromatic rings. The maximum Gasteiger partial charge on any atom is 0.281 e. The summed E-state index contributed by atoms with van der Waals surface area (Å²) in [6.07, 6.45) is 7.65. The number of hydrogen-bond acceptors (Lipinski definition) is 3. The van der Waals surface area contributed by atoms with Crippen LogP contribution in [-0.4, -0.2) is 55.7 Å². The maximum absolute atomic E-state index is 13.2. The van der Waals surface area contributed by atoms with Gasteiger partial charge in [0.1, 0.15) is 0 Å². The van der Waals surface area contributed by atoms with Crippen molar-refractivity contribution in [3.63, 3.8) is 0 Å². The van der Waals surface area contributed by atoms with Gasteiger partial charge < -0.3 is 4.90 Å². The van der Waals surface area contributed by atoms with Gasteiger partial charge in [0.25, 0.3) is 10.2 Å². The van der Waals surface area contributed by atoms with E-state index in [0.29, 0.717) is 19.6 Å². The number of carbonyl (C=O) groups excluding carboxylic acids is 1. The second-order valence-electron chi connectivity index (χ2n) is 8.38. The molecular weight excluding hydrogens is 374 g/mol. The lowest BCUT2D eigenvalue weighted by Crippen LogP contribution is -2.52. The Morgan fingerprint density at radius 2 is 1.79 bits per heavy atom. The Labute approximate surface area is 168 Å². The first kappa shape index (κ1) is 19.9. The van der Waals surface area contributed by atoms with Gasteiger partial charge in [0.2, 0.25) is 5.91 Å². The van der Waals surface area contributed by atoms with Gasteiger partial charge >= 0.3 is 0 Å². The number of para-hydroxylation sites is 1. The van der Waals surface area contributed by atoms with E-state index in [1.54, 1.807) is 15.7 Å². The van der Waals surface area contributed by atoms with Gasteiger partial charge in [-0.25, -0.2) is 0 Å². The Kier molecular flexibility index (Phi) is 5.76. The maximum atomic E-state index is 13.2. The van der Waals surface area contributed by atoms with Gasteiger partial charge in [-0.2, -0.15) is 17.0 Å². The minimum absolute atomic E-state index is 0.0742. The first-order valence-corrected chi connectivity index (χ1v) is 12.0. The third kappa shape index (κ3) is 3.72. The van der Waals surface area contributed by atoms with E-state index in [-0.39, 0.29) is 17.9 Å². The Morgan fingerprint density at radius 3 is 2.57 bits per heavy atom. The second kappa shape index (κ2) is 8.13. The highest BCUT2D eigenvalue weighted by molar-refractivity contribution is 7.86. The average molecular weight is 406 g/mol. The molecule has 2 heterocycles. The predicted molar refractivity (Wildman–Crippen MR) is 110 cm³/mol. The molecule has 4 rings (SSSR count). The number of piperidine rings is 1. The van der Waals surface area contributed by atoms with Crippen LogP contribution in [0.2, 0.25) is 0 Å². The minimum atomic E-state index is -3.52. The lowest BCUT2D eigenvalue weighted by molar-refractivity contribution is -0.123. The van der Waals surface area contributed by atoms with Crippen molar-refractivity contribution < 1.29 is 13.2 Å². The molecule has 3 aliphatic rings. The summed E-state index contributed by atoms with van der Waals surface area (Å²) in [5, 5.41) is 0. The van der Waals surface area contributed by atoms with Crippen LogP contribution >= 0.6 is 0 Å². The third-order valence-corrected chi connectivity index (χ3v) is 8.68. The largest absolute Gasteiger partial charge is 0.312 e. The molecule has 0 aromatic heterocycles. The molecule has 6 nitrogen and oxygen atoms in total. The molecule has 1 amide bonds. The van der Waals surface area contributed by atoms with Crippen LogP contribution in [0.1, 0.15) is 50.5 Å². The van der Waals surface area contributed by atoms with E-state index in [2.05, 4.69) is 6.07 Å². The van der Waals surface area contributed by atoms with Crippen molar-refractivity contribution >= 4 is 21.8 Å². The Balaban J connectivity index is 1.46. The van der Waals surface area contributed by atoms with Crippen LogP contribution in [0.4, 0.5) is 5.69 Å². The van der Waals surface area contributed by atoms with E-state index in [4.69, 9.17) is 0 Å². The van der Waals surface area contributed by atoms with E-state index in [1.165, 1.54) is 12.0 Å². The number of fused-ring (bicyclic) bond motifs is 1. The van der Waals surface area contributed by atoms with E-state index in [1.807, 2.05) is 23.1 Å². The number of anilines is 1. The Bertz CT molecular complexity index is 820. The molecule has 1 atom stereocenters. The van der Waals surface area contributed by atoms with E-state index in [0.717, 1.165) is 50.6 Å². The number of hydrogen-bond donors (Lipinski definition) is 0. The van der Waals surface area contributed by atoms with Crippen molar-refractivity contribution in [1.29, 1.82) is 0 Å². The summed E-state index contributed by atoms with van der Waals surface area (Å²) < 4.78 is 29.5. The van der Waals surface area contributed by atoms with Crippen molar-refractivity contribution in [2.45, 2.75) is 57.4 Å². The minimum Gasteiger partial charge on any atom is -0.312 e. The van der Waals surface area contributed by atoms with Gasteiger partial charge in [0, 0.05) is 38.4 Å². The number of benzene rings is 1. The fourth-order valence-corrected chi connectivity index (χ4v) is 6.64. The number of carbonyl (C=O) groups is 1. The number of rotatable bonds is 4. The van der Waals surface area contributed by atoms with E-state index < -0.39 is 10.2 Å². The number of nitrogens with zero attached hydrogens (tertiary/aromatic N) is 3. The highest BCUT2D eigenvalue weighted by Crippen LogP contribution is 2.32. The van der Waals surface area contributed by atoms with Crippen LogP contribution < -0.4 is 4.90 Å². The molecule has 28 heavy (non-hydrogen) atoms. The van der Waals surface area contributed by atoms with Crippen molar-refractivity contribution in [3.8, 4) is 0 Å². The summed E-state index contributed by atoms with van der Waals surface area (Å²) in [5.41, 5.74) is 2.19. The molecule has 0 spiro atoms. The van der Waals surface area contributed by atoms with Crippen molar-refractivity contribution in [3.05, 3.63) is 29.8 Å². The fraction of sp³-hybridized carbons (Fsp3) is 0.667. The molecular formula is C21H31N3O3S. The third-order valence-electron chi connectivity index (χ3n) is 6.67.